The van der Waals surface area contributed by atoms with Crippen molar-refractivity contribution in [3.8, 4) is 0 Å². The lowest BCUT2D eigenvalue weighted by Crippen LogP contribution is -2.41. The second kappa shape index (κ2) is 6.61. The molecule has 1 saturated carbocycles. The van der Waals surface area contributed by atoms with Gasteiger partial charge in [-0.25, -0.2) is 13.1 Å². The number of nitrogens with one attached hydrogen (secondary N) is 1. The Balaban J connectivity index is 0.00000180. The van der Waals surface area contributed by atoms with E-state index in [1.807, 2.05) is 0 Å². The van der Waals surface area contributed by atoms with E-state index in [1.165, 1.54) is 18.2 Å². The second-order valence-electron chi connectivity index (χ2n) is 4.38. The molecule has 2 rings (SSSR count). The van der Waals surface area contributed by atoms with E-state index in [-0.39, 0.29) is 34.9 Å². The van der Waals surface area contributed by atoms with Crippen LogP contribution in [0.25, 0.3) is 0 Å². The van der Waals surface area contributed by atoms with Gasteiger partial charge in [0.2, 0.25) is 10.0 Å². The molecular formula is C11H15Cl3N2O2S. The van der Waals surface area contributed by atoms with Crippen LogP contribution in [0, 0.1) is 5.92 Å². The minimum atomic E-state index is -3.64. The van der Waals surface area contributed by atoms with Gasteiger partial charge in [-0.15, -0.1) is 12.4 Å². The van der Waals surface area contributed by atoms with Crippen molar-refractivity contribution in [3.63, 3.8) is 0 Å². The van der Waals surface area contributed by atoms with E-state index in [4.69, 9.17) is 28.9 Å². The van der Waals surface area contributed by atoms with Gasteiger partial charge < -0.3 is 5.73 Å². The third kappa shape index (κ3) is 4.21. The van der Waals surface area contributed by atoms with Gasteiger partial charge in [-0.1, -0.05) is 23.2 Å². The highest BCUT2D eigenvalue weighted by molar-refractivity contribution is 7.89. The van der Waals surface area contributed by atoms with Crippen molar-refractivity contribution in [2.45, 2.75) is 23.8 Å². The Hall–Kier alpha value is -0.0400. The standard InChI is InChI=1S/C11H14Cl2N2O2S.ClH/c12-8-3-4-11(9(13)5-8)18(16,17)15-10(6-14)7-1-2-7;/h3-5,7,10,15H,1-2,6,14H2;1H. The quantitative estimate of drug-likeness (QED) is 0.861. The molecule has 4 nitrogen and oxygen atoms in total. The lowest BCUT2D eigenvalue weighted by atomic mass is 10.2. The minimum Gasteiger partial charge on any atom is -0.329 e. The molecule has 1 fully saturated rings. The number of halogens is 3. The van der Waals surface area contributed by atoms with Crippen molar-refractivity contribution in [2.75, 3.05) is 6.54 Å². The Kier molecular flexibility index (Phi) is 5.92. The third-order valence-electron chi connectivity index (χ3n) is 2.93. The van der Waals surface area contributed by atoms with Crippen LogP contribution < -0.4 is 10.5 Å². The van der Waals surface area contributed by atoms with Crippen molar-refractivity contribution in [3.05, 3.63) is 28.2 Å². The van der Waals surface area contributed by atoms with Gasteiger partial charge >= 0.3 is 0 Å². The molecule has 1 unspecified atom stereocenters. The molecular weight excluding hydrogens is 331 g/mol. The van der Waals surface area contributed by atoms with Crippen LogP contribution in [-0.2, 0) is 10.0 Å². The Morgan fingerprint density at radius 2 is 2.00 bits per heavy atom. The van der Waals surface area contributed by atoms with Crippen molar-refractivity contribution in [1.29, 1.82) is 0 Å². The highest BCUT2D eigenvalue weighted by atomic mass is 35.5. The Morgan fingerprint density at radius 1 is 1.37 bits per heavy atom. The molecule has 1 aliphatic carbocycles. The molecule has 0 aliphatic heterocycles. The number of sulfonamides is 1. The number of benzene rings is 1. The van der Waals surface area contributed by atoms with Gasteiger partial charge in [0.05, 0.1) is 5.02 Å². The van der Waals surface area contributed by atoms with E-state index in [1.54, 1.807) is 0 Å². The first-order valence-corrected chi connectivity index (χ1v) is 7.85. The number of hydrogen-bond acceptors (Lipinski definition) is 3. The van der Waals surface area contributed by atoms with E-state index >= 15 is 0 Å². The fourth-order valence-corrected chi connectivity index (χ4v) is 3.88. The van der Waals surface area contributed by atoms with E-state index in [9.17, 15) is 8.42 Å². The van der Waals surface area contributed by atoms with Crippen LogP contribution in [-0.4, -0.2) is 21.0 Å². The van der Waals surface area contributed by atoms with Gasteiger partial charge in [0, 0.05) is 17.6 Å². The van der Waals surface area contributed by atoms with Gasteiger partial charge in [0.15, 0.2) is 0 Å². The van der Waals surface area contributed by atoms with Gasteiger partial charge in [0.25, 0.3) is 0 Å². The van der Waals surface area contributed by atoms with Gasteiger partial charge in [-0.3, -0.25) is 0 Å². The molecule has 1 aromatic rings. The SMILES string of the molecule is Cl.NCC(NS(=O)(=O)c1ccc(Cl)cc1Cl)C1CC1. The smallest absolute Gasteiger partial charge is 0.242 e. The maximum Gasteiger partial charge on any atom is 0.242 e. The van der Waals surface area contributed by atoms with Crippen molar-refractivity contribution in [1.82, 2.24) is 4.72 Å². The van der Waals surface area contributed by atoms with Gasteiger partial charge in [-0.2, -0.15) is 0 Å². The Labute approximate surface area is 129 Å². The summed E-state index contributed by atoms with van der Waals surface area (Å²) in [6.07, 6.45) is 2.03. The normalized spacial score (nSPS) is 16.8. The van der Waals surface area contributed by atoms with Gasteiger partial charge in [-0.05, 0) is 37.0 Å². The maximum absolute atomic E-state index is 12.2. The van der Waals surface area contributed by atoms with Crippen LogP contribution >= 0.6 is 35.6 Å². The summed E-state index contributed by atoms with van der Waals surface area (Å²) in [7, 11) is -3.64. The first-order chi connectivity index (χ1) is 8.44. The largest absolute Gasteiger partial charge is 0.329 e. The fraction of sp³-hybridized carbons (Fsp3) is 0.455. The zero-order valence-corrected chi connectivity index (χ0v) is 13.1. The highest BCUT2D eigenvalue weighted by Crippen LogP contribution is 2.33. The summed E-state index contributed by atoms with van der Waals surface area (Å²) in [6.45, 7) is 0.287. The molecule has 0 amide bonds. The van der Waals surface area contributed by atoms with E-state index in [0.29, 0.717) is 10.9 Å². The van der Waals surface area contributed by atoms with E-state index in [2.05, 4.69) is 4.72 Å². The molecule has 1 aromatic carbocycles. The predicted molar refractivity (Wildman–Crippen MR) is 79.6 cm³/mol. The molecule has 0 bridgehead atoms. The summed E-state index contributed by atoms with van der Waals surface area (Å²) in [5, 5.41) is 0.512. The van der Waals surface area contributed by atoms with Crippen LogP contribution in [0.2, 0.25) is 10.0 Å². The van der Waals surface area contributed by atoms with Gasteiger partial charge in [0.1, 0.15) is 4.90 Å². The molecule has 108 valence electrons. The number of rotatable bonds is 5. The molecule has 0 heterocycles. The summed E-state index contributed by atoms with van der Waals surface area (Å²) in [6, 6.07) is 4.08. The summed E-state index contributed by atoms with van der Waals surface area (Å²) in [5.41, 5.74) is 5.58. The number of nitrogens with two attached hydrogens (primary N) is 1. The molecule has 1 aliphatic rings. The van der Waals surface area contributed by atoms with Crippen LogP contribution in [0.4, 0.5) is 0 Å². The van der Waals surface area contributed by atoms with Crippen LogP contribution in [0.3, 0.4) is 0 Å². The Morgan fingerprint density at radius 3 is 2.47 bits per heavy atom. The molecule has 19 heavy (non-hydrogen) atoms. The topological polar surface area (TPSA) is 72.2 Å². The second-order valence-corrected chi connectivity index (χ2v) is 6.90. The lowest BCUT2D eigenvalue weighted by Gasteiger charge is -2.16. The summed E-state index contributed by atoms with van der Waals surface area (Å²) in [5.74, 6) is 0.343. The average Bonchev–Trinajstić information content (AvgIpc) is 3.09. The first kappa shape index (κ1) is 17.0. The third-order valence-corrected chi connectivity index (χ3v) is 5.14. The summed E-state index contributed by atoms with van der Waals surface area (Å²) < 4.78 is 26.9. The van der Waals surface area contributed by atoms with E-state index in [0.717, 1.165) is 12.8 Å². The van der Waals surface area contributed by atoms with Crippen LogP contribution in [0.15, 0.2) is 23.1 Å². The zero-order chi connectivity index (χ0) is 13.3. The van der Waals surface area contributed by atoms with E-state index < -0.39 is 10.0 Å². The van der Waals surface area contributed by atoms with Crippen LogP contribution in [0.5, 0.6) is 0 Å². The highest BCUT2D eigenvalue weighted by Gasteiger charge is 2.33. The molecule has 1 atom stereocenters. The summed E-state index contributed by atoms with van der Waals surface area (Å²) in [4.78, 5) is 0.0349. The lowest BCUT2D eigenvalue weighted by molar-refractivity contribution is 0.519. The molecule has 0 spiro atoms. The fourth-order valence-electron chi connectivity index (χ4n) is 1.79. The predicted octanol–water partition coefficient (Wildman–Crippen LogP) is 2.43. The number of hydrogen-bond donors (Lipinski definition) is 2. The molecule has 0 radical (unpaired) electrons. The first-order valence-electron chi connectivity index (χ1n) is 5.61. The molecule has 3 N–H and O–H groups in total. The van der Waals surface area contributed by atoms with Crippen LogP contribution in [0.1, 0.15) is 12.8 Å². The molecule has 8 heteroatoms. The van der Waals surface area contributed by atoms with Crippen molar-refractivity contribution in [2.24, 2.45) is 11.7 Å². The maximum atomic E-state index is 12.2. The minimum absolute atomic E-state index is 0. The Bertz CT molecular complexity index is 547. The zero-order valence-electron chi connectivity index (χ0n) is 9.97. The van der Waals surface area contributed by atoms with Crippen molar-refractivity contribution >= 4 is 45.6 Å². The molecule has 0 saturated heterocycles. The monoisotopic (exact) mass is 344 g/mol. The van der Waals surface area contributed by atoms with Crippen molar-refractivity contribution < 1.29 is 8.42 Å². The summed E-state index contributed by atoms with van der Waals surface area (Å²) >= 11 is 11.6. The molecule has 0 aromatic heterocycles. The average molecular weight is 346 g/mol.